The van der Waals surface area contributed by atoms with Crippen LogP contribution in [0.5, 0.6) is 5.75 Å². The molecule has 0 aliphatic carbocycles. The lowest BCUT2D eigenvalue weighted by Crippen LogP contribution is -2.38. The van der Waals surface area contributed by atoms with Crippen molar-refractivity contribution in [3.8, 4) is 5.75 Å². The Balaban J connectivity index is 1.73. The van der Waals surface area contributed by atoms with E-state index in [1.165, 1.54) is 0 Å². The Kier molecular flexibility index (Phi) is 7.58. The zero-order valence-electron chi connectivity index (χ0n) is 23.9. The van der Waals surface area contributed by atoms with Gasteiger partial charge in [-0.15, -0.1) is 5.10 Å². The topological polar surface area (TPSA) is 102 Å². The molecule has 208 valence electrons. The lowest BCUT2D eigenvalue weighted by Gasteiger charge is -2.33. The predicted octanol–water partition coefficient (Wildman–Crippen LogP) is 5.67. The number of hydrogen-bond donors (Lipinski definition) is 1. The van der Waals surface area contributed by atoms with E-state index in [1.54, 1.807) is 13.4 Å². The second kappa shape index (κ2) is 11.1. The number of aromatic amines is 1. The van der Waals surface area contributed by atoms with E-state index in [-0.39, 0.29) is 11.1 Å². The number of rotatable bonds is 10. The minimum atomic E-state index is -0.568. The van der Waals surface area contributed by atoms with Crippen LogP contribution in [0.15, 0.2) is 70.1 Å². The number of methoxy groups -OCH3 is 1. The highest BCUT2D eigenvalue weighted by Gasteiger charge is 2.35. The fraction of sp³-hybridized carbons (Fsp3) is 0.355. The fourth-order valence-corrected chi connectivity index (χ4v) is 5.16. The van der Waals surface area contributed by atoms with E-state index in [0.717, 1.165) is 45.5 Å². The summed E-state index contributed by atoms with van der Waals surface area (Å²) in [6.07, 6.45) is 2.47. The van der Waals surface area contributed by atoms with Crippen molar-refractivity contribution in [1.29, 1.82) is 0 Å². The van der Waals surface area contributed by atoms with Crippen LogP contribution in [0, 0.1) is 13.8 Å². The Bertz CT molecular complexity index is 1650. The van der Waals surface area contributed by atoms with Crippen molar-refractivity contribution in [3.63, 3.8) is 0 Å². The molecule has 0 radical (unpaired) electrons. The molecule has 5 rings (SSSR count). The first kappa shape index (κ1) is 27.3. The summed E-state index contributed by atoms with van der Waals surface area (Å²) in [7, 11) is 1.65. The summed E-state index contributed by atoms with van der Waals surface area (Å²) >= 11 is 0. The Morgan fingerprint density at radius 2 is 1.88 bits per heavy atom. The SMILES string of the molecule is CCC(C)(C)n1nnnc1C(c1cc2cc(C)cc(C)c2[nH]c1=O)N(Cc1ccc(OC)cc1)Cc1ccco1. The van der Waals surface area contributed by atoms with Crippen molar-refractivity contribution in [1.82, 2.24) is 30.1 Å². The van der Waals surface area contributed by atoms with Crippen LogP contribution >= 0.6 is 0 Å². The fourth-order valence-electron chi connectivity index (χ4n) is 5.16. The molecule has 1 N–H and O–H groups in total. The molecule has 3 heterocycles. The van der Waals surface area contributed by atoms with Crippen molar-refractivity contribution in [3.05, 3.63) is 105 Å². The second-order valence-corrected chi connectivity index (χ2v) is 10.9. The molecule has 3 aromatic heterocycles. The first-order chi connectivity index (χ1) is 19.2. The normalized spacial score (nSPS) is 12.8. The number of aromatic nitrogens is 5. The Morgan fingerprint density at radius 3 is 2.55 bits per heavy atom. The molecule has 0 saturated heterocycles. The summed E-state index contributed by atoms with van der Waals surface area (Å²) < 4.78 is 13.0. The van der Waals surface area contributed by atoms with Gasteiger partial charge >= 0.3 is 0 Å². The molecule has 5 aromatic rings. The zero-order chi connectivity index (χ0) is 28.4. The van der Waals surface area contributed by atoms with Crippen LogP contribution in [0.25, 0.3) is 10.9 Å². The van der Waals surface area contributed by atoms with Gasteiger partial charge in [0.2, 0.25) is 0 Å². The molecule has 0 bridgehead atoms. The van der Waals surface area contributed by atoms with E-state index < -0.39 is 6.04 Å². The second-order valence-electron chi connectivity index (χ2n) is 10.9. The van der Waals surface area contributed by atoms with Gasteiger partial charge in [0.05, 0.1) is 31.0 Å². The van der Waals surface area contributed by atoms with Gasteiger partial charge in [-0.2, -0.15) is 0 Å². The van der Waals surface area contributed by atoms with E-state index in [2.05, 4.69) is 65.2 Å². The van der Waals surface area contributed by atoms with Crippen molar-refractivity contribution < 1.29 is 9.15 Å². The van der Waals surface area contributed by atoms with Crippen molar-refractivity contribution >= 4 is 10.9 Å². The van der Waals surface area contributed by atoms with E-state index in [1.807, 2.05) is 54.1 Å². The lowest BCUT2D eigenvalue weighted by molar-refractivity contribution is 0.168. The van der Waals surface area contributed by atoms with Crippen molar-refractivity contribution in [2.45, 2.75) is 65.7 Å². The molecule has 0 fully saturated rings. The molecule has 0 amide bonds. The number of aryl methyl sites for hydroxylation is 2. The number of benzene rings is 2. The molecular weight excluding hydrogens is 504 g/mol. The summed E-state index contributed by atoms with van der Waals surface area (Å²) in [5.74, 6) is 2.15. The molecule has 0 aliphatic heterocycles. The average Bonchev–Trinajstić information content (AvgIpc) is 3.63. The number of furan rings is 1. The average molecular weight is 541 g/mol. The lowest BCUT2D eigenvalue weighted by atomic mass is 9.98. The number of ether oxygens (including phenoxy) is 1. The molecule has 0 aliphatic rings. The third-order valence-electron chi connectivity index (χ3n) is 7.64. The van der Waals surface area contributed by atoms with Crippen LogP contribution in [0.3, 0.4) is 0 Å². The number of fused-ring (bicyclic) bond motifs is 1. The van der Waals surface area contributed by atoms with Crippen LogP contribution < -0.4 is 10.3 Å². The van der Waals surface area contributed by atoms with Crippen LogP contribution in [-0.2, 0) is 18.6 Å². The largest absolute Gasteiger partial charge is 0.497 e. The Morgan fingerprint density at radius 1 is 1.10 bits per heavy atom. The summed E-state index contributed by atoms with van der Waals surface area (Å²) in [6.45, 7) is 11.3. The van der Waals surface area contributed by atoms with Gasteiger partial charge in [0.1, 0.15) is 17.6 Å². The molecule has 9 heteroatoms. The minimum absolute atomic E-state index is 0.174. The molecule has 2 aromatic carbocycles. The first-order valence-corrected chi connectivity index (χ1v) is 13.5. The van der Waals surface area contributed by atoms with Gasteiger partial charge in [-0.1, -0.05) is 30.7 Å². The highest BCUT2D eigenvalue weighted by Crippen LogP contribution is 2.33. The molecule has 1 atom stereocenters. The van der Waals surface area contributed by atoms with E-state index in [9.17, 15) is 4.79 Å². The molecule has 0 spiro atoms. The van der Waals surface area contributed by atoms with Gasteiger partial charge < -0.3 is 14.1 Å². The van der Waals surface area contributed by atoms with Gasteiger partial charge in [0.25, 0.3) is 5.56 Å². The van der Waals surface area contributed by atoms with Crippen LogP contribution in [-0.4, -0.2) is 37.2 Å². The third kappa shape index (κ3) is 5.42. The zero-order valence-corrected chi connectivity index (χ0v) is 23.9. The highest BCUT2D eigenvalue weighted by molar-refractivity contribution is 5.83. The van der Waals surface area contributed by atoms with Crippen LogP contribution in [0.2, 0.25) is 0 Å². The summed E-state index contributed by atoms with van der Waals surface area (Å²) in [4.78, 5) is 19.2. The third-order valence-corrected chi connectivity index (χ3v) is 7.64. The van der Waals surface area contributed by atoms with Crippen molar-refractivity contribution in [2.24, 2.45) is 0 Å². The van der Waals surface area contributed by atoms with E-state index in [4.69, 9.17) is 9.15 Å². The highest BCUT2D eigenvalue weighted by atomic mass is 16.5. The minimum Gasteiger partial charge on any atom is -0.497 e. The van der Waals surface area contributed by atoms with Crippen LogP contribution in [0.1, 0.15) is 67.1 Å². The van der Waals surface area contributed by atoms with Gasteiger partial charge in [-0.05, 0) is 97.5 Å². The van der Waals surface area contributed by atoms with Gasteiger partial charge in [-0.3, -0.25) is 9.69 Å². The number of H-pyrrole nitrogens is 1. The molecule has 0 saturated carbocycles. The molecule has 1 unspecified atom stereocenters. The number of hydrogen-bond acceptors (Lipinski definition) is 7. The Labute approximate surface area is 233 Å². The number of nitrogens with one attached hydrogen (secondary N) is 1. The monoisotopic (exact) mass is 540 g/mol. The summed E-state index contributed by atoms with van der Waals surface area (Å²) in [6, 6.07) is 17.3. The maximum Gasteiger partial charge on any atom is 0.253 e. The maximum absolute atomic E-state index is 13.9. The predicted molar refractivity (Wildman–Crippen MR) is 154 cm³/mol. The maximum atomic E-state index is 13.9. The first-order valence-electron chi connectivity index (χ1n) is 13.5. The van der Waals surface area contributed by atoms with E-state index in [0.29, 0.717) is 24.5 Å². The standard InChI is InChI=1S/C31H36N6O3/c1-7-31(4,5)37-29(33-34-35-37)28(26-17-23-16-20(2)15-21(3)27(23)32-30(26)38)36(19-25-9-8-14-40-25)18-22-10-12-24(39-6)13-11-22/h8-17,28H,7,18-19H2,1-6H3,(H,32,38). The summed E-state index contributed by atoms with van der Waals surface area (Å²) in [5.41, 5.74) is 4.06. The quantitative estimate of drug-likeness (QED) is 0.243. The van der Waals surface area contributed by atoms with Gasteiger partial charge in [0, 0.05) is 12.1 Å². The van der Waals surface area contributed by atoms with Gasteiger partial charge in [0.15, 0.2) is 5.82 Å². The van der Waals surface area contributed by atoms with Crippen molar-refractivity contribution in [2.75, 3.05) is 7.11 Å². The summed E-state index contributed by atoms with van der Waals surface area (Å²) in [5, 5.41) is 14.0. The number of tetrazole rings is 1. The number of pyridine rings is 1. The van der Waals surface area contributed by atoms with Crippen LogP contribution in [0.4, 0.5) is 0 Å². The smallest absolute Gasteiger partial charge is 0.253 e. The van der Waals surface area contributed by atoms with Gasteiger partial charge in [-0.25, -0.2) is 4.68 Å². The molecular formula is C31H36N6O3. The molecule has 9 nitrogen and oxygen atoms in total. The van der Waals surface area contributed by atoms with E-state index >= 15 is 0 Å². The Hall–Kier alpha value is -4.24. The number of nitrogens with zero attached hydrogens (tertiary/aromatic N) is 5. The molecule has 40 heavy (non-hydrogen) atoms.